The van der Waals surface area contributed by atoms with Gasteiger partial charge in [0.05, 0.1) is 17.4 Å². The maximum atomic E-state index is 13.9. The molecular weight excluding hydrogens is 422 g/mol. The lowest BCUT2D eigenvalue weighted by Crippen LogP contribution is -2.39. The van der Waals surface area contributed by atoms with Crippen LogP contribution in [0.15, 0.2) is 84.3 Å². The molecule has 3 aromatic rings. The molecule has 1 aromatic heterocycles. The van der Waals surface area contributed by atoms with Crippen LogP contribution < -0.4 is 10.2 Å². The summed E-state index contributed by atoms with van der Waals surface area (Å²) in [7, 11) is 0. The maximum Gasteiger partial charge on any atom is 0.231 e. The molecule has 6 rings (SSSR count). The zero-order chi connectivity index (χ0) is 23.2. The van der Waals surface area contributed by atoms with Gasteiger partial charge in [0.15, 0.2) is 5.78 Å². The topological polar surface area (TPSA) is 62.3 Å². The number of ketones is 1. The molecule has 3 aliphatic rings. The number of aromatic nitrogens is 1. The van der Waals surface area contributed by atoms with Gasteiger partial charge in [-0.05, 0) is 61.4 Å². The van der Waals surface area contributed by atoms with E-state index in [4.69, 9.17) is 0 Å². The first-order valence-electron chi connectivity index (χ1n) is 12.0. The van der Waals surface area contributed by atoms with E-state index in [-0.39, 0.29) is 23.5 Å². The normalized spacial score (nSPS) is 21.9. The number of amides is 1. The largest absolute Gasteiger partial charge is 0.357 e. The second-order valence-electron chi connectivity index (χ2n) is 9.64. The molecule has 0 unspecified atom stereocenters. The number of allylic oxidation sites excluding steroid dienone is 1. The van der Waals surface area contributed by atoms with Crippen LogP contribution in [0, 0.1) is 12.8 Å². The molecule has 0 radical (unpaired) electrons. The van der Waals surface area contributed by atoms with E-state index in [0.29, 0.717) is 12.0 Å². The van der Waals surface area contributed by atoms with Crippen molar-refractivity contribution in [3.8, 4) is 0 Å². The highest BCUT2D eigenvalue weighted by molar-refractivity contribution is 6.07. The van der Waals surface area contributed by atoms with Gasteiger partial charge in [0.25, 0.3) is 0 Å². The van der Waals surface area contributed by atoms with Crippen LogP contribution in [0.1, 0.15) is 54.3 Å². The lowest BCUT2D eigenvalue weighted by molar-refractivity contribution is -0.120. The summed E-state index contributed by atoms with van der Waals surface area (Å²) in [5.41, 5.74) is 6.54. The number of benzene rings is 2. The van der Waals surface area contributed by atoms with Gasteiger partial charge >= 0.3 is 0 Å². The first-order chi connectivity index (χ1) is 16.6. The van der Waals surface area contributed by atoms with Crippen LogP contribution in [0.25, 0.3) is 0 Å². The molecule has 0 bridgehead atoms. The molecule has 1 amide bonds. The summed E-state index contributed by atoms with van der Waals surface area (Å²) in [6.07, 6.45) is 6.48. The third kappa shape index (κ3) is 3.61. The molecule has 1 fully saturated rings. The fourth-order valence-electron chi connectivity index (χ4n) is 5.29. The summed E-state index contributed by atoms with van der Waals surface area (Å²) >= 11 is 0. The highest BCUT2D eigenvalue weighted by Crippen LogP contribution is 2.49. The van der Waals surface area contributed by atoms with Crippen molar-refractivity contribution in [2.24, 2.45) is 5.92 Å². The molecule has 2 aromatic carbocycles. The molecule has 34 heavy (non-hydrogen) atoms. The molecule has 2 atom stereocenters. The smallest absolute Gasteiger partial charge is 0.231 e. The molecule has 5 nitrogen and oxygen atoms in total. The predicted octanol–water partition coefficient (Wildman–Crippen LogP) is 5.70. The number of anilines is 2. The van der Waals surface area contributed by atoms with Gasteiger partial charge in [0, 0.05) is 36.0 Å². The standard InChI is InChI=1S/C29H27N3O2/c1-18-8-10-19(11-9-18)22-15-24-27(26(33)16-22)28(21-5-4-14-30-17-21)32(29(34)20-12-13-20)25-7-3-2-6-23(25)31-24/h2-11,14,17,20,22,28,31H,12-13,15-16H2,1H3/t22-,28+/m0/s1. The van der Waals surface area contributed by atoms with Gasteiger partial charge < -0.3 is 5.32 Å². The summed E-state index contributed by atoms with van der Waals surface area (Å²) in [4.78, 5) is 33.8. The summed E-state index contributed by atoms with van der Waals surface area (Å²) in [6, 6.07) is 19.7. The third-order valence-electron chi connectivity index (χ3n) is 7.20. The molecule has 5 heteroatoms. The lowest BCUT2D eigenvalue weighted by atomic mass is 9.78. The van der Waals surface area contributed by atoms with E-state index < -0.39 is 6.04 Å². The minimum absolute atomic E-state index is 0.0216. The van der Waals surface area contributed by atoms with Crippen LogP contribution in [0.3, 0.4) is 0 Å². The van der Waals surface area contributed by atoms with Crippen molar-refractivity contribution >= 4 is 23.1 Å². The highest BCUT2D eigenvalue weighted by Gasteiger charge is 2.45. The monoisotopic (exact) mass is 449 g/mol. The van der Waals surface area contributed by atoms with Crippen LogP contribution in [0.2, 0.25) is 0 Å². The van der Waals surface area contributed by atoms with E-state index in [9.17, 15) is 9.59 Å². The summed E-state index contributed by atoms with van der Waals surface area (Å²) in [5, 5.41) is 3.59. The minimum Gasteiger partial charge on any atom is -0.357 e. The number of pyridine rings is 1. The Morgan fingerprint density at radius 3 is 2.50 bits per heavy atom. The molecule has 1 saturated carbocycles. The van der Waals surface area contributed by atoms with Crippen molar-refractivity contribution in [2.45, 2.75) is 44.6 Å². The molecule has 0 saturated heterocycles. The van der Waals surface area contributed by atoms with Gasteiger partial charge in [-0.2, -0.15) is 0 Å². The van der Waals surface area contributed by atoms with Crippen molar-refractivity contribution in [3.05, 3.63) is 101 Å². The van der Waals surface area contributed by atoms with E-state index in [1.807, 2.05) is 41.3 Å². The average Bonchev–Trinajstić information content (AvgIpc) is 3.71. The van der Waals surface area contributed by atoms with E-state index in [0.717, 1.165) is 41.9 Å². The molecule has 1 N–H and O–H groups in total. The molecule has 2 heterocycles. The van der Waals surface area contributed by atoms with Crippen molar-refractivity contribution in [3.63, 3.8) is 0 Å². The Balaban J connectivity index is 1.52. The van der Waals surface area contributed by atoms with E-state index in [1.54, 1.807) is 12.4 Å². The number of carbonyl (C=O) groups is 2. The number of nitrogens with zero attached hydrogens (tertiary/aromatic N) is 2. The number of fused-ring (bicyclic) bond motifs is 1. The Morgan fingerprint density at radius 1 is 0.971 bits per heavy atom. The second-order valence-corrected chi connectivity index (χ2v) is 9.64. The third-order valence-corrected chi connectivity index (χ3v) is 7.20. The van der Waals surface area contributed by atoms with Gasteiger partial charge in [-0.25, -0.2) is 0 Å². The number of aryl methyl sites for hydroxylation is 1. The molecule has 1 aliphatic heterocycles. The minimum atomic E-state index is -0.487. The van der Waals surface area contributed by atoms with E-state index >= 15 is 0 Å². The lowest BCUT2D eigenvalue weighted by Gasteiger charge is -2.35. The first kappa shape index (κ1) is 20.8. The Labute approximate surface area is 199 Å². The highest BCUT2D eigenvalue weighted by atomic mass is 16.2. The summed E-state index contributed by atoms with van der Waals surface area (Å²) in [6.45, 7) is 2.07. The second kappa shape index (κ2) is 8.24. The van der Waals surface area contributed by atoms with Gasteiger partial charge in [-0.3, -0.25) is 19.5 Å². The van der Waals surface area contributed by atoms with E-state index in [2.05, 4.69) is 41.5 Å². The van der Waals surface area contributed by atoms with Crippen LogP contribution in [-0.2, 0) is 9.59 Å². The number of nitrogens with one attached hydrogen (secondary N) is 1. The van der Waals surface area contributed by atoms with Crippen LogP contribution >= 0.6 is 0 Å². The maximum absolute atomic E-state index is 13.9. The van der Waals surface area contributed by atoms with Gasteiger partial charge in [-0.15, -0.1) is 0 Å². The van der Waals surface area contributed by atoms with Crippen molar-refractivity contribution in [1.82, 2.24) is 4.98 Å². The molecule has 0 spiro atoms. The van der Waals surface area contributed by atoms with Gasteiger partial charge in [-0.1, -0.05) is 48.0 Å². The summed E-state index contributed by atoms with van der Waals surface area (Å²) < 4.78 is 0. The number of carbonyl (C=O) groups excluding carboxylic acids is 2. The SMILES string of the molecule is Cc1ccc([C@@H]2CC(=O)C3=C(C2)Nc2ccccc2N(C(=O)C2CC2)[C@@H]3c2cccnc2)cc1. The molecule has 170 valence electrons. The van der Waals surface area contributed by atoms with Gasteiger partial charge in [0.1, 0.15) is 0 Å². The summed E-state index contributed by atoms with van der Waals surface area (Å²) in [5.74, 6) is 0.306. The number of Topliss-reactive ketones (excluding diaryl/α,β-unsaturated/α-hetero) is 1. The van der Waals surface area contributed by atoms with Crippen molar-refractivity contribution in [1.29, 1.82) is 0 Å². The number of hydrogen-bond acceptors (Lipinski definition) is 4. The van der Waals surface area contributed by atoms with Crippen LogP contribution in [0.5, 0.6) is 0 Å². The Kier molecular flexibility index (Phi) is 5.05. The first-order valence-corrected chi connectivity index (χ1v) is 12.0. The fourth-order valence-corrected chi connectivity index (χ4v) is 5.29. The van der Waals surface area contributed by atoms with Crippen LogP contribution in [0.4, 0.5) is 11.4 Å². The van der Waals surface area contributed by atoms with Crippen molar-refractivity contribution < 1.29 is 9.59 Å². The average molecular weight is 450 g/mol. The molecule has 2 aliphatic carbocycles. The number of rotatable bonds is 3. The zero-order valence-electron chi connectivity index (χ0n) is 19.2. The number of para-hydroxylation sites is 2. The quantitative estimate of drug-likeness (QED) is 0.557. The van der Waals surface area contributed by atoms with Gasteiger partial charge in [0.2, 0.25) is 5.91 Å². The molecular formula is C29H27N3O2. The van der Waals surface area contributed by atoms with Crippen molar-refractivity contribution in [2.75, 3.05) is 10.2 Å². The Hall–Kier alpha value is -3.73. The number of hydrogen-bond donors (Lipinski definition) is 1. The van der Waals surface area contributed by atoms with E-state index in [1.165, 1.54) is 11.1 Å². The zero-order valence-corrected chi connectivity index (χ0v) is 19.2. The Bertz CT molecular complexity index is 1290. The Morgan fingerprint density at radius 2 is 1.76 bits per heavy atom. The fraction of sp³-hybridized carbons (Fsp3) is 0.276. The van der Waals surface area contributed by atoms with Crippen LogP contribution in [-0.4, -0.2) is 16.7 Å². The predicted molar refractivity (Wildman–Crippen MR) is 132 cm³/mol.